The average molecular weight is 333 g/mol. The first-order chi connectivity index (χ1) is 12.2. The third-order valence-electron chi connectivity index (χ3n) is 4.40. The Morgan fingerprint density at radius 2 is 1.52 bits per heavy atom. The standard InChI is InChI=1S/C20H15NO4/c1-24-19(22)16-15-10-6-9-13-11-14(12-7-4-3-5-8-12)18(21(13)15)17(16)20(23)25-2/h3-11H,1-2H3. The van der Waals surface area contributed by atoms with Gasteiger partial charge in [-0.3, -0.25) is 0 Å². The van der Waals surface area contributed by atoms with Crippen LogP contribution in [0.15, 0.2) is 54.6 Å². The van der Waals surface area contributed by atoms with Crippen molar-refractivity contribution in [1.82, 2.24) is 4.40 Å². The number of carbonyl (C=O) groups is 2. The highest BCUT2D eigenvalue weighted by Crippen LogP contribution is 2.38. The van der Waals surface area contributed by atoms with Crippen molar-refractivity contribution in [1.29, 1.82) is 0 Å². The zero-order valence-corrected chi connectivity index (χ0v) is 13.8. The molecule has 3 aromatic heterocycles. The van der Waals surface area contributed by atoms with Gasteiger partial charge in [-0.05, 0) is 23.8 Å². The average Bonchev–Trinajstić information content (AvgIpc) is 3.21. The quantitative estimate of drug-likeness (QED) is 0.536. The minimum absolute atomic E-state index is 0.229. The molecule has 4 aromatic rings. The van der Waals surface area contributed by atoms with Crippen molar-refractivity contribution in [2.24, 2.45) is 0 Å². The van der Waals surface area contributed by atoms with E-state index in [9.17, 15) is 9.59 Å². The number of benzene rings is 1. The Morgan fingerprint density at radius 3 is 2.20 bits per heavy atom. The summed E-state index contributed by atoms with van der Waals surface area (Å²) >= 11 is 0. The van der Waals surface area contributed by atoms with Gasteiger partial charge in [0.05, 0.1) is 25.3 Å². The van der Waals surface area contributed by atoms with Gasteiger partial charge in [-0.1, -0.05) is 36.4 Å². The molecular weight excluding hydrogens is 318 g/mol. The lowest BCUT2D eigenvalue weighted by atomic mass is 10.0. The number of hydrogen-bond acceptors (Lipinski definition) is 4. The van der Waals surface area contributed by atoms with Crippen molar-refractivity contribution < 1.29 is 19.1 Å². The smallest absolute Gasteiger partial charge is 0.340 e. The first kappa shape index (κ1) is 15.2. The Labute approximate surface area is 143 Å². The van der Waals surface area contributed by atoms with E-state index in [2.05, 4.69) is 0 Å². The molecule has 3 heterocycles. The minimum atomic E-state index is -0.561. The zero-order chi connectivity index (χ0) is 17.6. The number of methoxy groups -OCH3 is 2. The lowest BCUT2D eigenvalue weighted by Gasteiger charge is -2.04. The summed E-state index contributed by atoms with van der Waals surface area (Å²) in [6, 6.07) is 17.3. The van der Waals surface area contributed by atoms with Gasteiger partial charge < -0.3 is 13.9 Å². The second kappa shape index (κ2) is 5.63. The predicted octanol–water partition coefficient (Wildman–Crippen LogP) is 3.77. The van der Waals surface area contributed by atoms with E-state index < -0.39 is 11.9 Å². The number of esters is 2. The van der Waals surface area contributed by atoms with Crippen LogP contribution in [-0.2, 0) is 9.47 Å². The number of nitrogens with zero attached hydrogens (tertiary/aromatic N) is 1. The summed E-state index contributed by atoms with van der Waals surface area (Å²) in [5.41, 5.74) is 4.46. The molecule has 5 heteroatoms. The van der Waals surface area contributed by atoms with Gasteiger partial charge in [0.15, 0.2) is 0 Å². The van der Waals surface area contributed by atoms with E-state index >= 15 is 0 Å². The third kappa shape index (κ3) is 2.09. The fourth-order valence-corrected chi connectivity index (χ4v) is 3.36. The van der Waals surface area contributed by atoms with E-state index in [0.29, 0.717) is 11.0 Å². The maximum atomic E-state index is 12.5. The van der Waals surface area contributed by atoms with Crippen LogP contribution in [0.4, 0.5) is 0 Å². The number of rotatable bonds is 3. The van der Waals surface area contributed by atoms with Crippen molar-refractivity contribution in [2.75, 3.05) is 14.2 Å². The topological polar surface area (TPSA) is 57.0 Å². The zero-order valence-electron chi connectivity index (χ0n) is 13.8. The summed E-state index contributed by atoms with van der Waals surface area (Å²) in [5, 5.41) is 0. The van der Waals surface area contributed by atoms with Crippen molar-refractivity contribution in [3.63, 3.8) is 0 Å². The SMILES string of the molecule is COC(=O)c1c(C(=O)OC)c2c(-c3ccccc3)cc3cccc1n32. The molecule has 0 aliphatic heterocycles. The number of aromatic nitrogens is 1. The highest BCUT2D eigenvalue weighted by atomic mass is 16.5. The largest absolute Gasteiger partial charge is 0.465 e. The molecule has 4 rings (SSSR count). The Morgan fingerprint density at radius 1 is 0.840 bits per heavy atom. The molecule has 124 valence electrons. The molecule has 0 saturated carbocycles. The maximum absolute atomic E-state index is 12.5. The molecule has 0 amide bonds. The van der Waals surface area contributed by atoms with Gasteiger partial charge in [0.25, 0.3) is 0 Å². The van der Waals surface area contributed by atoms with Crippen LogP contribution in [0.2, 0.25) is 0 Å². The summed E-state index contributed by atoms with van der Waals surface area (Å²) in [5.74, 6) is -1.12. The summed E-state index contributed by atoms with van der Waals surface area (Å²) in [6.45, 7) is 0. The molecular formula is C20H15NO4. The highest BCUT2D eigenvalue weighted by Gasteiger charge is 2.30. The molecule has 5 nitrogen and oxygen atoms in total. The monoisotopic (exact) mass is 333 g/mol. The number of carbonyl (C=O) groups excluding carboxylic acids is 2. The van der Waals surface area contributed by atoms with E-state index in [4.69, 9.17) is 9.47 Å². The fourth-order valence-electron chi connectivity index (χ4n) is 3.36. The number of hydrogen-bond donors (Lipinski definition) is 0. The van der Waals surface area contributed by atoms with E-state index in [1.54, 1.807) is 6.07 Å². The molecule has 0 spiro atoms. The van der Waals surface area contributed by atoms with E-state index in [-0.39, 0.29) is 11.1 Å². The van der Waals surface area contributed by atoms with Crippen LogP contribution in [0.5, 0.6) is 0 Å². The molecule has 0 unspecified atom stereocenters. The van der Waals surface area contributed by atoms with Crippen LogP contribution in [0.25, 0.3) is 27.7 Å². The van der Waals surface area contributed by atoms with Gasteiger partial charge >= 0.3 is 11.9 Å². The van der Waals surface area contributed by atoms with Crippen molar-refractivity contribution in [3.05, 3.63) is 65.7 Å². The van der Waals surface area contributed by atoms with Gasteiger partial charge in [0.2, 0.25) is 0 Å². The van der Waals surface area contributed by atoms with Gasteiger partial charge in [-0.25, -0.2) is 9.59 Å². The van der Waals surface area contributed by atoms with Crippen LogP contribution in [0, 0.1) is 0 Å². The summed E-state index contributed by atoms with van der Waals surface area (Å²) in [4.78, 5) is 24.9. The Hall–Kier alpha value is -3.34. The molecule has 1 aromatic carbocycles. The molecule has 0 fully saturated rings. The molecule has 0 aliphatic rings. The summed E-state index contributed by atoms with van der Waals surface area (Å²) < 4.78 is 11.8. The van der Waals surface area contributed by atoms with E-state index in [1.807, 2.05) is 52.9 Å². The molecule has 0 radical (unpaired) electrons. The maximum Gasteiger partial charge on any atom is 0.340 e. The van der Waals surface area contributed by atoms with Crippen molar-refractivity contribution >= 4 is 28.5 Å². The molecule has 0 aliphatic carbocycles. The van der Waals surface area contributed by atoms with Crippen molar-refractivity contribution in [2.45, 2.75) is 0 Å². The Bertz CT molecular complexity index is 1100. The Balaban J connectivity index is 2.20. The molecule has 0 saturated heterocycles. The molecule has 0 N–H and O–H groups in total. The van der Waals surface area contributed by atoms with Crippen LogP contribution < -0.4 is 0 Å². The van der Waals surface area contributed by atoms with E-state index in [0.717, 1.165) is 16.6 Å². The van der Waals surface area contributed by atoms with Gasteiger partial charge in [-0.2, -0.15) is 0 Å². The lowest BCUT2D eigenvalue weighted by Crippen LogP contribution is -2.10. The predicted molar refractivity (Wildman–Crippen MR) is 94.2 cm³/mol. The number of ether oxygens (including phenoxy) is 2. The first-order valence-corrected chi connectivity index (χ1v) is 7.79. The van der Waals surface area contributed by atoms with Gasteiger partial charge in [0.1, 0.15) is 11.1 Å². The van der Waals surface area contributed by atoms with Crippen LogP contribution in [0.1, 0.15) is 20.7 Å². The van der Waals surface area contributed by atoms with Crippen LogP contribution >= 0.6 is 0 Å². The van der Waals surface area contributed by atoms with Crippen molar-refractivity contribution in [3.8, 4) is 11.1 Å². The third-order valence-corrected chi connectivity index (χ3v) is 4.40. The molecule has 0 atom stereocenters. The Kier molecular flexibility index (Phi) is 3.42. The van der Waals surface area contributed by atoms with Gasteiger partial charge in [-0.15, -0.1) is 0 Å². The van der Waals surface area contributed by atoms with E-state index in [1.165, 1.54) is 14.2 Å². The second-order valence-electron chi connectivity index (χ2n) is 5.68. The van der Waals surface area contributed by atoms with Crippen LogP contribution in [0.3, 0.4) is 0 Å². The first-order valence-electron chi connectivity index (χ1n) is 7.79. The summed E-state index contributed by atoms with van der Waals surface area (Å²) in [6.07, 6.45) is 0. The summed E-state index contributed by atoms with van der Waals surface area (Å²) in [7, 11) is 2.61. The van der Waals surface area contributed by atoms with Gasteiger partial charge in [0, 0.05) is 11.1 Å². The minimum Gasteiger partial charge on any atom is -0.465 e. The van der Waals surface area contributed by atoms with Crippen LogP contribution in [-0.4, -0.2) is 30.6 Å². The lowest BCUT2D eigenvalue weighted by molar-refractivity contribution is 0.0559. The molecule has 25 heavy (non-hydrogen) atoms. The number of pyridine rings is 1. The molecule has 0 bridgehead atoms. The fraction of sp³-hybridized carbons (Fsp3) is 0.100. The second-order valence-corrected chi connectivity index (χ2v) is 5.68. The normalized spacial score (nSPS) is 11.1. The highest BCUT2D eigenvalue weighted by molar-refractivity contribution is 6.17.